The number of anilines is 3. The molecule has 0 spiro atoms. The number of hydrogen-bond donors (Lipinski definition) is 5. The van der Waals surface area contributed by atoms with Crippen LogP contribution in [0.1, 0.15) is 87.6 Å². The van der Waals surface area contributed by atoms with E-state index in [1.807, 2.05) is 15.5 Å². The lowest BCUT2D eigenvalue weighted by atomic mass is 10.0. The highest BCUT2D eigenvalue weighted by molar-refractivity contribution is 6.25. The lowest BCUT2D eigenvalue weighted by molar-refractivity contribution is -0.136. The summed E-state index contributed by atoms with van der Waals surface area (Å²) < 4.78 is 17.5. The zero-order valence-electron chi connectivity index (χ0n) is 33.8. The molecule has 1 saturated carbocycles. The predicted octanol–water partition coefficient (Wildman–Crippen LogP) is 3.44. The number of amides is 6. The summed E-state index contributed by atoms with van der Waals surface area (Å²) in [6.07, 6.45) is 11.7. The molecule has 62 heavy (non-hydrogen) atoms. The van der Waals surface area contributed by atoms with E-state index in [1.54, 1.807) is 53.8 Å². The third-order valence-corrected chi connectivity index (χ3v) is 11.8. The van der Waals surface area contributed by atoms with Gasteiger partial charge in [-0.1, -0.05) is 6.07 Å². The van der Waals surface area contributed by atoms with E-state index < -0.39 is 35.5 Å². The number of aromatic nitrogens is 5. The summed E-state index contributed by atoms with van der Waals surface area (Å²) in [5, 5.41) is 18.4. The second kappa shape index (κ2) is 17.2. The van der Waals surface area contributed by atoms with Crippen molar-refractivity contribution >= 4 is 58.3 Å². The molecule has 1 unspecified atom stereocenters. The van der Waals surface area contributed by atoms with Crippen molar-refractivity contribution in [1.82, 2.24) is 49.9 Å². The second-order valence-corrected chi connectivity index (χ2v) is 16.0. The number of carbonyl (C=O) groups is 6. The van der Waals surface area contributed by atoms with Crippen molar-refractivity contribution in [3.8, 4) is 11.3 Å². The summed E-state index contributed by atoms with van der Waals surface area (Å²) in [6, 6.07) is 8.31. The van der Waals surface area contributed by atoms with E-state index >= 15 is 4.39 Å². The fraction of sp³-hybridized carbons (Fsp3) is 0.372. The topological polar surface area (TPSA) is 219 Å². The van der Waals surface area contributed by atoms with E-state index in [1.165, 1.54) is 6.07 Å². The van der Waals surface area contributed by atoms with Crippen molar-refractivity contribution < 1.29 is 33.2 Å². The summed E-state index contributed by atoms with van der Waals surface area (Å²) in [5.41, 5.74) is 4.49. The molecule has 2 aromatic carbocycles. The molecule has 19 heteroatoms. The van der Waals surface area contributed by atoms with Crippen LogP contribution in [0, 0.1) is 5.82 Å². The van der Waals surface area contributed by atoms with Gasteiger partial charge in [-0.25, -0.2) is 14.4 Å². The quantitative estimate of drug-likeness (QED) is 0.0757. The van der Waals surface area contributed by atoms with Gasteiger partial charge in [-0.15, -0.1) is 0 Å². The smallest absolute Gasteiger partial charge is 0.264 e. The molecule has 5 N–H and O–H groups in total. The van der Waals surface area contributed by atoms with Crippen molar-refractivity contribution in [1.29, 1.82) is 0 Å². The van der Waals surface area contributed by atoms with Crippen LogP contribution in [-0.2, 0) is 14.4 Å². The molecular weight excluding hydrogens is 800 g/mol. The number of benzene rings is 2. The van der Waals surface area contributed by atoms with Gasteiger partial charge in [0.05, 0.1) is 47.1 Å². The van der Waals surface area contributed by atoms with Gasteiger partial charge in [0.1, 0.15) is 11.9 Å². The molecule has 3 aliphatic heterocycles. The van der Waals surface area contributed by atoms with Crippen LogP contribution < -0.4 is 21.3 Å². The summed E-state index contributed by atoms with van der Waals surface area (Å²) >= 11 is 0. The highest BCUT2D eigenvalue weighted by Gasteiger charge is 2.45. The maximum atomic E-state index is 15.6. The Hall–Kier alpha value is -7.02. The third kappa shape index (κ3) is 8.22. The Morgan fingerprint density at radius 1 is 0.903 bits per heavy atom. The summed E-state index contributed by atoms with van der Waals surface area (Å²) in [6.45, 7) is 3.01. The maximum absolute atomic E-state index is 15.6. The highest BCUT2D eigenvalue weighted by atomic mass is 19.1. The highest BCUT2D eigenvalue weighted by Crippen LogP contribution is 2.41. The molecule has 6 amide bonds. The Kier molecular flexibility index (Phi) is 11.2. The molecule has 9 rings (SSSR count). The van der Waals surface area contributed by atoms with Crippen molar-refractivity contribution in [2.75, 3.05) is 56.4 Å². The lowest BCUT2D eigenvalue weighted by Crippen LogP contribution is -2.54. The number of halogens is 1. The number of piperazine rings is 1. The van der Waals surface area contributed by atoms with E-state index in [0.29, 0.717) is 62.3 Å². The van der Waals surface area contributed by atoms with E-state index in [4.69, 9.17) is 4.98 Å². The van der Waals surface area contributed by atoms with Gasteiger partial charge in [0, 0.05) is 80.8 Å². The molecule has 18 nitrogen and oxygen atoms in total. The first-order chi connectivity index (χ1) is 30.1. The average molecular weight is 845 g/mol. The Bertz CT molecular complexity index is 2580. The molecule has 5 aromatic rings. The second-order valence-electron chi connectivity index (χ2n) is 16.0. The van der Waals surface area contributed by atoms with E-state index in [-0.39, 0.29) is 53.6 Å². The van der Waals surface area contributed by atoms with Crippen LogP contribution in [0.2, 0.25) is 0 Å². The van der Waals surface area contributed by atoms with Gasteiger partial charge < -0.3 is 20.9 Å². The molecule has 1 atom stereocenters. The average Bonchev–Trinajstić information content (AvgIpc) is 3.69. The number of H-pyrrole nitrogens is 1. The molecule has 6 heterocycles. The zero-order chi connectivity index (χ0) is 42.9. The molecule has 3 aromatic heterocycles. The number of unbranched alkanes of at least 4 members (excludes halogenated alkanes) is 2. The number of fused-ring (bicyclic) bond motifs is 2. The fourth-order valence-electron chi connectivity index (χ4n) is 8.24. The fourth-order valence-corrected chi connectivity index (χ4v) is 8.24. The number of hydrogen-bond acceptors (Lipinski definition) is 12. The first kappa shape index (κ1) is 40.4. The normalized spacial score (nSPS) is 18.0. The largest absolute Gasteiger partial charge is 0.384 e. The number of imide groups is 2. The van der Waals surface area contributed by atoms with E-state index in [2.05, 4.69) is 36.4 Å². The monoisotopic (exact) mass is 844 g/mol. The van der Waals surface area contributed by atoms with Gasteiger partial charge in [-0.2, -0.15) is 5.10 Å². The number of nitrogens with one attached hydrogen (secondary N) is 5. The van der Waals surface area contributed by atoms with Gasteiger partial charge in [0.2, 0.25) is 17.7 Å². The number of nitrogens with zero attached hydrogens (tertiary/aromatic N) is 7. The lowest BCUT2D eigenvalue weighted by Gasteiger charge is -2.34. The molecular formula is C43H45FN12O6. The van der Waals surface area contributed by atoms with Gasteiger partial charge >= 0.3 is 0 Å². The van der Waals surface area contributed by atoms with E-state index in [9.17, 15) is 28.8 Å². The number of rotatable bonds is 15. The molecule has 320 valence electrons. The Labute approximate surface area is 354 Å². The molecule has 0 radical (unpaired) electrons. The van der Waals surface area contributed by atoms with Gasteiger partial charge in [-0.3, -0.25) is 53.4 Å². The van der Waals surface area contributed by atoms with Crippen molar-refractivity contribution in [2.24, 2.45) is 0 Å². The number of imidazole rings is 1. The van der Waals surface area contributed by atoms with Crippen molar-refractivity contribution in [2.45, 2.75) is 56.9 Å². The molecule has 4 aliphatic rings. The predicted molar refractivity (Wildman–Crippen MR) is 223 cm³/mol. The molecule has 2 saturated heterocycles. The first-order valence-corrected chi connectivity index (χ1v) is 20.9. The number of carbonyl (C=O) groups excluding carboxylic acids is 6. The van der Waals surface area contributed by atoms with Crippen LogP contribution in [-0.4, -0.2) is 127 Å². The van der Waals surface area contributed by atoms with Crippen molar-refractivity contribution in [3.05, 3.63) is 89.4 Å². The van der Waals surface area contributed by atoms with Crippen LogP contribution in [0.4, 0.5) is 21.6 Å². The molecule has 3 fully saturated rings. The number of piperidine rings is 1. The minimum atomic E-state index is -1.03. The summed E-state index contributed by atoms with van der Waals surface area (Å²) in [5.74, 6) is -2.41. The van der Waals surface area contributed by atoms with Crippen molar-refractivity contribution in [3.63, 3.8) is 0 Å². The Balaban J connectivity index is 0.698. The zero-order valence-corrected chi connectivity index (χ0v) is 33.8. The summed E-state index contributed by atoms with van der Waals surface area (Å²) in [4.78, 5) is 90.5. The Morgan fingerprint density at radius 2 is 1.73 bits per heavy atom. The maximum Gasteiger partial charge on any atom is 0.264 e. The Morgan fingerprint density at radius 3 is 2.48 bits per heavy atom. The standard InChI is InChI=1S/C43H45FN12O6/c44-29-19-26(9-10-30(29)50-38-39-47-22-34(27-20-48-49-21-27)55(39)23-32(51-38)25-7-8-25)41(60)54-17-15-53(16-18-54)24-36(58)46-14-3-1-2-13-45-31-6-4-5-28-37(31)43(62)56(42(28)61)33-11-12-35(57)52-40(33)59/h4-6,9-10,19-23,25,33,45H,1-3,7-8,11-18,24H2,(H,46,58)(H,48,49)(H,50,51)(H,52,57,59). The minimum absolute atomic E-state index is 0.0529. The van der Waals surface area contributed by atoms with Crippen LogP contribution in [0.5, 0.6) is 0 Å². The SMILES string of the molecule is O=C(CN1CCN(C(=O)c2ccc(Nc3nc(C4CC4)cn4c(-c5cn[nH]c5)cnc34)c(F)c2)CC1)NCCCCCNc1cccc2c1C(=O)N(C1CCC(=O)NC1=O)C2=O. The third-order valence-electron chi connectivity index (χ3n) is 11.8. The molecule has 1 aliphatic carbocycles. The minimum Gasteiger partial charge on any atom is -0.384 e. The van der Waals surface area contributed by atoms with Crippen LogP contribution in [0.25, 0.3) is 16.9 Å². The van der Waals surface area contributed by atoms with E-state index in [0.717, 1.165) is 54.0 Å². The van der Waals surface area contributed by atoms with Crippen LogP contribution in [0.15, 0.2) is 61.2 Å². The van der Waals surface area contributed by atoms with Gasteiger partial charge in [0.15, 0.2) is 11.5 Å². The van der Waals surface area contributed by atoms with Crippen LogP contribution in [0.3, 0.4) is 0 Å². The summed E-state index contributed by atoms with van der Waals surface area (Å²) in [7, 11) is 0. The van der Waals surface area contributed by atoms with Gasteiger partial charge in [0.25, 0.3) is 17.7 Å². The number of aromatic amines is 1. The van der Waals surface area contributed by atoms with Gasteiger partial charge in [-0.05, 0) is 68.9 Å². The molecule has 0 bridgehead atoms. The van der Waals surface area contributed by atoms with Crippen LogP contribution >= 0.6 is 0 Å². The first-order valence-electron chi connectivity index (χ1n) is 20.9.